The second-order valence-corrected chi connectivity index (χ2v) is 9.07. The molecule has 38 heavy (non-hydrogen) atoms. The van der Waals surface area contributed by atoms with E-state index in [2.05, 4.69) is 16.2 Å². The highest BCUT2D eigenvalue weighted by atomic mass is 35.5. The van der Waals surface area contributed by atoms with Crippen LogP contribution in [0, 0.1) is 12.3 Å². The third kappa shape index (κ3) is 6.47. The van der Waals surface area contributed by atoms with Crippen molar-refractivity contribution in [3.05, 3.63) is 86.3 Å². The Morgan fingerprint density at radius 3 is 2.53 bits per heavy atom. The lowest BCUT2D eigenvalue weighted by molar-refractivity contribution is -0.137. The fourth-order valence-electron chi connectivity index (χ4n) is 4.05. The second kappa shape index (κ2) is 11.6. The molecule has 0 aliphatic carbocycles. The second-order valence-electron chi connectivity index (χ2n) is 8.64. The van der Waals surface area contributed by atoms with E-state index in [4.69, 9.17) is 22.8 Å². The number of aromatic nitrogens is 2. The summed E-state index contributed by atoms with van der Waals surface area (Å²) < 4.78 is 45.2. The third-order valence-electron chi connectivity index (χ3n) is 6.07. The Labute approximate surface area is 222 Å². The van der Waals surface area contributed by atoms with E-state index in [0.29, 0.717) is 53.5 Å². The maximum atomic E-state index is 13.3. The number of alkyl halides is 3. The Kier molecular flexibility index (Phi) is 8.27. The number of benzene rings is 2. The van der Waals surface area contributed by atoms with E-state index >= 15 is 0 Å². The smallest absolute Gasteiger partial charge is 0.416 e. The minimum absolute atomic E-state index is 0.0324. The molecule has 0 bridgehead atoms. The van der Waals surface area contributed by atoms with Crippen molar-refractivity contribution in [1.82, 2.24) is 14.5 Å². The van der Waals surface area contributed by atoms with E-state index in [1.165, 1.54) is 16.7 Å². The standard InChI is InChI=1S/C27H24ClF3N4O3/c1-2-14-35-25(37)22-16-34(24(36)17-38-21-9-7-20(28)8-10-21)15-12-23(22)33-26(35)32-13-11-18-3-5-19(6-4-18)27(29,30)31/h1,3-10H,11-17H2,(H,32,33). The molecule has 198 valence electrons. The molecule has 0 spiro atoms. The first-order valence-corrected chi connectivity index (χ1v) is 12.2. The first kappa shape index (κ1) is 27.1. The zero-order valence-electron chi connectivity index (χ0n) is 20.2. The molecule has 7 nitrogen and oxygen atoms in total. The molecule has 11 heteroatoms. The maximum absolute atomic E-state index is 13.3. The van der Waals surface area contributed by atoms with E-state index in [1.807, 2.05) is 0 Å². The number of amides is 1. The van der Waals surface area contributed by atoms with Crippen LogP contribution in [0.4, 0.5) is 19.1 Å². The van der Waals surface area contributed by atoms with Crippen molar-refractivity contribution in [3.8, 4) is 18.1 Å². The van der Waals surface area contributed by atoms with Crippen molar-refractivity contribution in [3.63, 3.8) is 0 Å². The molecule has 3 aromatic rings. The summed E-state index contributed by atoms with van der Waals surface area (Å²) in [5.41, 5.74) is 0.602. The van der Waals surface area contributed by atoms with Crippen LogP contribution >= 0.6 is 11.6 Å². The molecule has 1 N–H and O–H groups in total. The Balaban J connectivity index is 1.42. The first-order valence-electron chi connectivity index (χ1n) is 11.8. The van der Waals surface area contributed by atoms with Crippen molar-refractivity contribution in [2.75, 3.05) is 25.0 Å². The lowest BCUT2D eigenvalue weighted by Crippen LogP contribution is -2.43. The zero-order valence-corrected chi connectivity index (χ0v) is 21.0. The van der Waals surface area contributed by atoms with Crippen LogP contribution in [-0.2, 0) is 36.9 Å². The fourth-order valence-corrected chi connectivity index (χ4v) is 4.17. The molecule has 0 fully saturated rings. The van der Waals surface area contributed by atoms with Crippen molar-refractivity contribution >= 4 is 23.5 Å². The number of hydrogen-bond acceptors (Lipinski definition) is 5. The summed E-state index contributed by atoms with van der Waals surface area (Å²) in [6.07, 6.45) is 1.88. The minimum atomic E-state index is -4.39. The zero-order chi connectivity index (χ0) is 27.3. The van der Waals surface area contributed by atoms with Gasteiger partial charge in [0.05, 0.1) is 29.9 Å². The number of hydrogen-bond donors (Lipinski definition) is 1. The van der Waals surface area contributed by atoms with E-state index in [9.17, 15) is 22.8 Å². The molecule has 1 aliphatic heterocycles. The lowest BCUT2D eigenvalue weighted by Gasteiger charge is -2.29. The van der Waals surface area contributed by atoms with Gasteiger partial charge in [-0.2, -0.15) is 13.2 Å². The SMILES string of the molecule is C#CCn1c(NCCc2ccc(C(F)(F)F)cc2)nc2c(c1=O)CN(C(=O)COc1ccc(Cl)cc1)CC2. The molecule has 1 aliphatic rings. The summed E-state index contributed by atoms with van der Waals surface area (Å²) in [6, 6.07) is 11.6. The van der Waals surface area contributed by atoms with Gasteiger partial charge in [0.1, 0.15) is 5.75 Å². The highest BCUT2D eigenvalue weighted by Crippen LogP contribution is 2.29. The predicted molar refractivity (Wildman–Crippen MR) is 137 cm³/mol. The van der Waals surface area contributed by atoms with Crippen molar-refractivity contribution in [2.45, 2.75) is 32.1 Å². The van der Waals surface area contributed by atoms with Crippen LogP contribution in [0.3, 0.4) is 0 Å². The van der Waals surface area contributed by atoms with Gasteiger partial charge in [0.2, 0.25) is 5.95 Å². The normalized spacial score (nSPS) is 13.0. The summed E-state index contributed by atoms with van der Waals surface area (Å²) in [5.74, 6) is 2.96. The summed E-state index contributed by atoms with van der Waals surface area (Å²) in [5, 5.41) is 3.64. The van der Waals surface area contributed by atoms with Gasteiger partial charge in [-0.25, -0.2) is 4.98 Å². The minimum Gasteiger partial charge on any atom is -0.484 e. The van der Waals surface area contributed by atoms with Gasteiger partial charge in [0, 0.05) is 24.5 Å². The number of fused-ring (bicyclic) bond motifs is 1. The summed E-state index contributed by atoms with van der Waals surface area (Å²) in [4.78, 5) is 32.1. The molecule has 2 aromatic carbocycles. The Hall–Kier alpha value is -3.97. The Morgan fingerprint density at radius 2 is 1.87 bits per heavy atom. The van der Waals surface area contributed by atoms with Crippen molar-refractivity contribution in [2.24, 2.45) is 0 Å². The number of ether oxygens (including phenoxy) is 1. The maximum Gasteiger partial charge on any atom is 0.416 e. The van der Waals surface area contributed by atoms with Gasteiger partial charge in [-0.1, -0.05) is 29.7 Å². The molecular formula is C27H24ClF3N4O3. The number of nitrogens with one attached hydrogen (secondary N) is 1. The molecule has 4 rings (SSSR count). The Bertz CT molecular complexity index is 1400. The number of anilines is 1. The van der Waals surface area contributed by atoms with Crippen LogP contribution < -0.4 is 15.6 Å². The molecule has 1 aromatic heterocycles. The van der Waals surface area contributed by atoms with Gasteiger partial charge in [0.15, 0.2) is 6.61 Å². The number of terminal acetylenes is 1. The van der Waals surface area contributed by atoms with Crippen LogP contribution in [0.15, 0.2) is 53.3 Å². The van der Waals surface area contributed by atoms with Gasteiger partial charge in [-0.05, 0) is 48.4 Å². The van der Waals surface area contributed by atoms with Gasteiger partial charge in [-0.15, -0.1) is 6.42 Å². The van der Waals surface area contributed by atoms with Crippen LogP contribution in [0.1, 0.15) is 22.4 Å². The highest BCUT2D eigenvalue weighted by Gasteiger charge is 2.30. The van der Waals surface area contributed by atoms with Gasteiger partial charge >= 0.3 is 6.18 Å². The monoisotopic (exact) mass is 544 g/mol. The van der Waals surface area contributed by atoms with Gasteiger partial charge < -0.3 is 15.0 Å². The Morgan fingerprint density at radius 1 is 1.16 bits per heavy atom. The van der Waals surface area contributed by atoms with Crippen LogP contribution in [0.25, 0.3) is 0 Å². The molecule has 2 heterocycles. The third-order valence-corrected chi connectivity index (χ3v) is 6.32. The molecule has 0 atom stereocenters. The topological polar surface area (TPSA) is 76.5 Å². The fraction of sp³-hybridized carbons (Fsp3) is 0.296. The van der Waals surface area contributed by atoms with E-state index in [-0.39, 0.29) is 37.1 Å². The van der Waals surface area contributed by atoms with Gasteiger partial charge in [0.25, 0.3) is 11.5 Å². The molecule has 0 saturated carbocycles. The predicted octanol–water partition coefficient (Wildman–Crippen LogP) is 4.17. The molecule has 0 radical (unpaired) electrons. The molecule has 1 amide bonds. The van der Waals surface area contributed by atoms with E-state index < -0.39 is 11.7 Å². The van der Waals surface area contributed by atoms with Gasteiger partial charge in [-0.3, -0.25) is 14.2 Å². The molecule has 0 saturated heterocycles. The lowest BCUT2D eigenvalue weighted by atomic mass is 10.1. The van der Waals surface area contributed by atoms with Crippen LogP contribution in [0.2, 0.25) is 5.02 Å². The number of carbonyl (C=O) groups is 1. The van der Waals surface area contributed by atoms with Crippen molar-refractivity contribution < 1.29 is 22.7 Å². The van der Waals surface area contributed by atoms with E-state index in [0.717, 1.165) is 12.1 Å². The average Bonchev–Trinajstić information content (AvgIpc) is 2.90. The summed E-state index contributed by atoms with van der Waals surface area (Å²) in [6.45, 7) is 0.558. The van der Waals surface area contributed by atoms with Crippen LogP contribution in [-0.4, -0.2) is 40.1 Å². The van der Waals surface area contributed by atoms with E-state index in [1.54, 1.807) is 29.2 Å². The number of halogens is 4. The van der Waals surface area contributed by atoms with Crippen molar-refractivity contribution in [1.29, 1.82) is 0 Å². The first-order chi connectivity index (χ1) is 18.2. The molecular weight excluding hydrogens is 521 g/mol. The van der Waals surface area contributed by atoms with Crippen LogP contribution in [0.5, 0.6) is 5.75 Å². The largest absolute Gasteiger partial charge is 0.484 e. The average molecular weight is 545 g/mol. The summed E-state index contributed by atoms with van der Waals surface area (Å²) in [7, 11) is 0. The summed E-state index contributed by atoms with van der Waals surface area (Å²) >= 11 is 5.86. The molecule has 0 unspecified atom stereocenters. The number of nitrogens with zero attached hydrogens (tertiary/aromatic N) is 3. The number of rotatable bonds is 8. The highest BCUT2D eigenvalue weighted by molar-refractivity contribution is 6.30. The quantitative estimate of drug-likeness (QED) is 0.431. The number of carbonyl (C=O) groups excluding carboxylic acids is 1.